The third kappa shape index (κ3) is 12.5. The summed E-state index contributed by atoms with van der Waals surface area (Å²) in [5.74, 6) is 0.633. The van der Waals surface area contributed by atoms with E-state index in [0.29, 0.717) is 30.0 Å². The molecule has 10 nitrogen and oxygen atoms in total. The van der Waals surface area contributed by atoms with E-state index in [1.165, 1.54) is 7.05 Å². The number of aliphatic hydroxyl groups excluding tert-OH is 1. The zero-order valence-corrected chi connectivity index (χ0v) is 26.0. The van der Waals surface area contributed by atoms with Crippen molar-refractivity contribution in [1.29, 1.82) is 0 Å². The summed E-state index contributed by atoms with van der Waals surface area (Å²) in [6.07, 6.45) is -1.42. The van der Waals surface area contributed by atoms with Crippen molar-refractivity contribution in [2.24, 2.45) is 5.41 Å². The van der Waals surface area contributed by atoms with Crippen LogP contribution < -0.4 is 15.4 Å². The van der Waals surface area contributed by atoms with Gasteiger partial charge in [-0.3, -0.25) is 0 Å². The van der Waals surface area contributed by atoms with E-state index in [1.54, 1.807) is 56.5 Å². The quantitative estimate of drug-likeness (QED) is 0.299. The van der Waals surface area contributed by atoms with Crippen LogP contribution >= 0.6 is 0 Å². The second-order valence-corrected chi connectivity index (χ2v) is 13.0. The van der Waals surface area contributed by atoms with Gasteiger partial charge in [0.1, 0.15) is 22.3 Å². The summed E-state index contributed by atoms with van der Waals surface area (Å²) < 4.78 is 31.4. The fraction of sp³-hybridized carbons (Fsp3) is 0.533. The highest BCUT2D eigenvalue weighted by atomic mass is 32.2. The largest absolute Gasteiger partial charge is 0.497 e. The Labute approximate surface area is 246 Å². The van der Waals surface area contributed by atoms with Crippen LogP contribution in [0, 0.1) is 5.41 Å². The van der Waals surface area contributed by atoms with Crippen LogP contribution in [0.15, 0.2) is 59.5 Å². The highest BCUT2D eigenvalue weighted by Gasteiger charge is 2.32. The van der Waals surface area contributed by atoms with Gasteiger partial charge in [0.2, 0.25) is 0 Å². The Morgan fingerprint density at radius 3 is 2.20 bits per heavy atom. The highest BCUT2D eigenvalue weighted by Crippen LogP contribution is 2.26. The summed E-state index contributed by atoms with van der Waals surface area (Å²) in [6.45, 7) is 9.74. The maximum absolute atomic E-state index is 13.9. The summed E-state index contributed by atoms with van der Waals surface area (Å²) in [5.41, 5.74) is -0.236. The van der Waals surface area contributed by atoms with Crippen molar-refractivity contribution >= 4 is 23.2 Å². The molecule has 3 atom stereocenters. The average Bonchev–Trinajstić information content (AvgIpc) is 2.91. The molecular weight excluding hydrogens is 546 g/mol. The molecule has 0 aliphatic carbocycles. The number of nitrogens with one attached hydrogen (secondary N) is 2. The number of hydrogen-bond donors (Lipinski definition) is 3. The number of carbonyl (C=O) groups is 2. The fourth-order valence-corrected chi connectivity index (χ4v) is 5.45. The van der Waals surface area contributed by atoms with Crippen molar-refractivity contribution in [3.8, 4) is 5.75 Å². The van der Waals surface area contributed by atoms with Crippen molar-refractivity contribution < 1.29 is 33.1 Å². The summed E-state index contributed by atoms with van der Waals surface area (Å²) in [7, 11) is 1.40. The number of aliphatic hydroxyl groups is 1. The van der Waals surface area contributed by atoms with Crippen molar-refractivity contribution in [2.45, 2.75) is 70.1 Å². The molecule has 2 aromatic rings. The average molecular weight is 592 g/mol. The van der Waals surface area contributed by atoms with E-state index in [1.807, 2.05) is 44.2 Å². The number of ether oxygens (including phenoxy) is 3. The molecule has 41 heavy (non-hydrogen) atoms. The predicted molar refractivity (Wildman–Crippen MR) is 159 cm³/mol. The number of alkyl carbamates (subject to hydrolysis) is 2. The standard InChI is InChI=1S/C30H45N3O7S/c1-29(2,3)40-28(36)32-25(19-22-11-9-8-10-12-22)26(34)20-33(21-30(4,5)17-18-39-27(35)31-6)41(37)24-15-13-23(38-7)14-16-24/h8-16,25-26,34H,17-21H2,1-7H3,(H,31,35)(H,32,36). The molecule has 0 fully saturated rings. The SMILES string of the molecule is CNC(=O)OCCC(C)(C)CN(CC(O)C(Cc1ccccc1)NC(=O)OC(C)(C)C)S(=O)c1ccc(OC)cc1. The maximum atomic E-state index is 13.9. The zero-order chi connectivity index (χ0) is 30.6. The lowest BCUT2D eigenvalue weighted by molar-refractivity contribution is 0.0390. The molecule has 2 amide bonds. The van der Waals surface area contributed by atoms with E-state index < -0.39 is 46.3 Å². The molecule has 0 aliphatic rings. The molecule has 0 aromatic heterocycles. The van der Waals surface area contributed by atoms with E-state index >= 15 is 0 Å². The molecule has 0 heterocycles. The molecule has 228 valence electrons. The first-order valence-corrected chi connectivity index (χ1v) is 14.7. The van der Waals surface area contributed by atoms with Gasteiger partial charge in [0.15, 0.2) is 0 Å². The van der Waals surface area contributed by atoms with E-state index in [0.717, 1.165) is 5.56 Å². The van der Waals surface area contributed by atoms with Crippen LogP contribution in [0.2, 0.25) is 0 Å². The van der Waals surface area contributed by atoms with Gasteiger partial charge in [-0.25, -0.2) is 18.1 Å². The number of methoxy groups -OCH3 is 1. The van der Waals surface area contributed by atoms with Crippen molar-refractivity contribution in [3.63, 3.8) is 0 Å². The lowest BCUT2D eigenvalue weighted by Crippen LogP contribution is -2.51. The van der Waals surface area contributed by atoms with Gasteiger partial charge >= 0.3 is 12.2 Å². The molecule has 11 heteroatoms. The van der Waals surface area contributed by atoms with Crippen LogP contribution in [0.1, 0.15) is 46.6 Å². The number of nitrogens with zero attached hydrogens (tertiary/aromatic N) is 1. The Morgan fingerprint density at radius 2 is 1.63 bits per heavy atom. The van der Waals surface area contributed by atoms with Crippen LogP contribution in [0.5, 0.6) is 5.75 Å². The van der Waals surface area contributed by atoms with Gasteiger partial charge in [-0.05, 0) is 68.9 Å². The molecule has 0 aliphatic heterocycles. The Hall–Kier alpha value is -3.15. The predicted octanol–water partition coefficient (Wildman–Crippen LogP) is 4.29. The summed E-state index contributed by atoms with van der Waals surface area (Å²) in [4.78, 5) is 24.8. The Bertz CT molecular complexity index is 1120. The molecule has 0 spiro atoms. The first-order chi connectivity index (χ1) is 19.2. The topological polar surface area (TPSA) is 126 Å². The lowest BCUT2D eigenvalue weighted by Gasteiger charge is -2.35. The van der Waals surface area contributed by atoms with Crippen molar-refractivity contribution in [1.82, 2.24) is 14.9 Å². The van der Waals surface area contributed by atoms with Gasteiger partial charge in [0.25, 0.3) is 0 Å². The van der Waals surface area contributed by atoms with Crippen LogP contribution in [0.4, 0.5) is 9.59 Å². The number of benzene rings is 2. The van der Waals surface area contributed by atoms with E-state index in [-0.39, 0.29) is 13.2 Å². The number of carbonyl (C=O) groups excluding carboxylic acids is 2. The van der Waals surface area contributed by atoms with E-state index in [4.69, 9.17) is 14.2 Å². The molecule has 0 bridgehead atoms. The fourth-order valence-electron chi connectivity index (χ4n) is 4.03. The van der Waals surface area contributed by atoms with Gasteiger partial charge < -0.3 is 30.0 Å². The van der Waals surface area contributed by atoms with Crippen LogP contribution in [0.3, 0.4) is 0 Å². The highest BCUT2D eigenvalue weighted by molar-refractivity contribution is 7.82. The minimum Gasteiger partial charge on any atom is -0.497 e. The van der Waals surface area contributed by atoms with E-state index in [9.17, 15) is 18.9 Å². The van der Waals surface area contributed by atoms with Gasteiger partial charge in [-0.15, -0.1) is 0 Å². The van der Waals surface area contributed by atoms with Gasteiger partial charge in [-0.2, -0.15) is 0 Å². The molecule has 3 N–H and O–H groups in total. The number of rotatable bonds is 14. The Kier molecular flexibility index (Phi) is 13.1. The summed E-state index contributed by atoms with van der Waals surface area (Å²) in [6, 6.07) is 15.7. The summed E-state index contributed by atoms with van der Waals surface area (Å²) in [5, 5.41) is 16.7. The van der Waals surface area contributed by atoms with E-state index in [2.05, 4.69) is 10.6 Å². The summed E-state index contributed by atoms with van der Waals surface area (Å²) >= 11 is 0. The first-order valence-electron chi connectivity index (χ1n) is 13.6. The molecule has 0 saturated heterocycles. The first kappa shape index (κ1) is 34.1. The zero-order valence-electron chi connectivity index (χ0n) is 25.1. The van der Waals surface area contributed by atoms with Gasteiger partial charge in [0.05, 0.1) is 30.8 Å². The van der Waals surface area contributed by atoms with Crippen LogP contribution in [-0.2, 0) is 26.9 Å². The third-order valence-corrected chi connectivity index (χ3v) is 7.59. The molecular formula is C30H45N3O7S. The Morgan fingerprint density at radius 1 is 1.00 bits per heavy atom. The van der Waals surface area contributed by atoms with Gasteiger partial charge in [-0.1, -0.05) is 44.2 Å². The second kappa shape index (κ2) is 15.7. The molecule has 0 saturated carbocycles. The Balaban J connectivity index is 2.31. The normalized spacial score (nSPS) is 14.1. The van der Waals surface area contributed by atoms with Crippen molar-refractivity contribution in [2.75, 3.05) is 33.9 Å². The van der Waals surface area contributed by atoms with Crippen LogP contribution in [-0.4, -0.2) is 77.4 Å². The number of amides is 2. The smallest absolute Gasteiger partial charge is 0.407 e. The molecule has 0 radical (unpaired) electrons. The van der Waals surface area contributed by atoms with Gasteiger partial charge in [0, 0.05) is 20.1 Å². The minimum atomic E-state index is -1.65. The number of hydrogen-bond acceptors (Lipinski definition) is 7. The minimum absolute atomic E-state index is 0.00826. The molecule has 2 rings (SSSR count). The van der Waals surface area contributed by atoms with Crippen molar-refractivity contribution in [3.05, 3.63) is 60.2 Å². The van der Waals surface area contributed by atoms with Crippen LogP contribution in [0.25, 0.3) is 0 Å². The monoisotopic (exact) mass is 591 g/mol. The third-order valence-electron chi connectivity index (χ3n) is 6.17. The molecule has 3 unspecified atom stereocenters. The second-order valence-electron chi connectivity index (χ2n) is 11.6. The maximum Gasteiger partial charge on any atom is 0.407 e. The lowest BCUT2D eigenvalue weighted by atomic mass is 9.89. The molecule has 2 aromatic carbocycles.